The Kier molecular flexibility index (Phi) is 5.48. The molecule has 0 fully saturated rings. The summed E-state index contributed by atoms with van der Waals surface area (Å²) in [5.74, 6) is 0.0681. The Labute approximate surface area is 150 Å². The minimum absolute atomic E-state index is 0.0165. The molecule has 3 rings (SSSR count). The van der Waals surface area contributed by atoms with Gasteiger partial charge in [0.05, 0.1) is 21.3 Å². The number of amides is 1. The summed E-state index contributed by atoms with van der Waals surface area (Å²) in [5, 5.41) is 4.82. The number of thiazole rings is 1. The van der Waals surface area contributed by atoms with Crippen LogP contribution in [0.5, 0.6) is 0 Å². The van der Waals surface area contributed by atoms with Crippen molar-refractivity contribution in [3.05, 3.63) is 64.1 Å². The number of halogens is 1. The number of carbonyl (C=O) groups is 1. The molecule has 0 saturated heterocycles. The highest BCUT2D eigenvalue weighted by Gasteiger charge is 2.10. The van der Waals surface area contributed by atoms with Gasteiger partial charge < -0.3 is 5.32 Å². The summed E-state index contributed by atoms with van der Waals surface area (Å²) in [6.07, 6.45) is 2.15. The Morgan fingerprint density at radius 1 is 1.21 bits per heavy atom. The van der Waals surface area contributed by atoms with Crippen LogP contribution in [0.2, 0.25) is 5.02 Å². The van der Waals surface area contributed by atoms with Crippen LogP contribution in [0.1, 0.15) is 36.4 Å². The van der Waals surface area contributed by atoms with E-state index < -0.39 is 0 Å². The number of fused-ring (bicyclic) bond motifs is 1. The first-order valence-corrected chi connectivity index (χ1v) is 9.20. The van der Waals surface area contributed by atoms with E-state index in [0.717, 1.165) is 28.9 Å². The van der Waals surface area contributed by atoms with Crippen molar-refractivity contribution in [1.29, 1.82) is 0 Å². The fourth-order valence-electron chi connectivity index (χ4n) is 2.58. The van der Waals surface area contributed by atoms with Gasteiger partial charge in [-0.1, -0.05) is 35.9 Å². The van der Waals surface area contributed by atoms with E-state index in [1.54, 1.807) is 11.3 Å². The van der Waals surface area contributed by atoms with E-state index in [1.807, 2.05) is 49.4 Å². The third-order valence-corrected chi connectivity index (χ3v) is 5.23. The lowest BCUT2D eigenvalue weighted by Gasteiger charge is -2.14. The molecular formula is C19H19ClN2OS. The summed E-state index contributed by atoms with van der Waals surface area (Å²) in [7, 11) is 0. The third kappa shape index (κ3) is 4.34. The molecule has 1 N–H and O–H groups in total. The molecule has 0 spiro atoms. The molecule has 1 atom stereocenters. The van der Waals surface area contributed by atoms with Gasteiger partial charge in [0, 0.05) is 11.4 Å². The van der Waals surface area contributed by atoms with Gasteiger partial charge in [-0.2, -0.15) is 0 Å². The number of benzene rings is 2. The second-order valence-corrected chi connectivity index (χ2v) is 7.32. The van der Waals surface area contributed by atoms with Crippen LogP contribution in [0.25, 0.3) is 10.2 Å². The molecule has 0 radical (unpaired) electrons. The highest BCUT2D eigenvalue weighted by molar-refractivity contribution is 7.18. The van der Waals surface area contributed by atoms with Crippen molar-refractivity contribution in [3.8, 4) is 0 Å². The summed E-state index contributed by atoms with van der Waals surface area (Å²) in [6.45, 7) is 1.98. The molecule has 1 heterocycles. The van der Waals surface area contributed by atoms with Crippen LogP contribution in [-0.2, 0) is 11.2 Å². The SMILES string of the molecule is CC(NC(=O)CCCc1nc2ccccc2s1)c1ccc(Cl)cc1. The largest absolute Gasteiger partial charge is 0.350 e. The molecule has 2 aromatic carbocycles. The van der Waals surface area contributed by atoms with Crippen molar-refractivity contribution < 1.29 is 4.79 Å². The van der Waals surface area contributed by atoms with E-state index in [2.05, 4.69) is 16.4 Å². The lowest BCUT2D eigenvalue weighted by Crippen LogP contribution is -2.26. The molecule has 3 nitrogen and oxygen atoms in total. The molecule has 5 heteroatoms. The molecule has 0 bridgehead atoms. The van der Waals surface area contributed by atoms with Crippen LogP contribution in [-0.4, -0.2) is 10.9 Å². The topological polar surface area (TPSA) is 42.0 Å². The number of nitrogens with zero attached hydrogens (tertiary/aromatic N) is 1. The lowest BCUT2D eigenvalue weighted by molar-refractivity contribution is -0.121. The van der Waals surface area contributed by atoms with Crippen molar-refractivity contribution in [2.75, 3.05) is 0 Å². The lowest BCUT2D eigenvalue weighted by atomic mass is 10.1. The minimum Gasteiger partial charge on any atom is -0.350 e. The molecule has 0 saturated carbocycles. The van der Waals surface area contributed by atoms with E-state index in [9.17, 15) is 4.79 Å². The Morgan fingerprint density at radius 2 is 1.96 bits per heavy atom. The van der Waals surface area contributed by atoms with Crippen molar-refractivity contribution in [3.63, 3.8) is 0 Å². The van der Waals surface area contributed by atoms with Gasteiger partial charge in [0.15, 0.2) is 0 Å². The monoisotopic (exact) mass is 358 g/mol. The zero-order valence-electron chi connectivity index (χ0n) is 13.5. The van der Waals surface area contributed by atoms with Crippen molar-refractivity contribution in [2.24, 2.45) is 0 Å². The van der Waals surface area contributed by atoms with Crippen molar-refractivity contribution in [1.82, 2.24) is 10.3 Å². The Balaban J connectivity index is 1.47. The van der Waals surface area contributed by atoms with Gasteiger partial charge in [-0.15, -0.1) is 11.3 Å². The normalized spacial score (nSPS) is 12.2. The maximum Gasteiger partial charge on any atom is 0.220 e. The first-order valence-electron chi connectivity index (χ1n) is 8.01. The number of hydrogen-bond acceptors (Lipinski definition) is 3. The molecule has 0 aliphatic rings. The first kappa shape index (κ1) is 16.9. The summed E-state index contributed by atoms with van der Waals surface area (Å²) < 4.78 is 1.20. The maximum absolute atomic E-state index is 12.1. The minimum atomic E-state index is -0.0165. The predicted molar refractivity (Wildman–Crippen MR) is 101 cm³/mol. The van der Waals surface area contributed by atoms with E-state index in [-0.39, 0.29) is 11.9 Å². The fourth-order valence-corrected chi connectivity index (χ4v) is 3.71. The van der Waals surface area contributed by atoms with Gasteiger partial charge in [-0.25, -0.2) is 4.98 Å². The fraction of sp³-hybridized carbons (Fsp3) is 0.263. The van der Waals surface area contributed by atoms with Crippen LogP contribution in [0.15, 0.2) is 48.5 Å². The summed E-state index contributed by atoms with van der Waals surface area (Å²) in [5.41, 5.74) is 2.09. The number of hydrogen-bond donors (Lipinski definition) is 1. The molecule has 1 unspecified atom stereocenters. The van der Waals surface area contributed by atoms with Crippen LogP contribution in [0.4, 0.5) is 0 Å². The Bertz CT molecular complexity index is 796. The van der Waals surface area contributed by atoms with Crippen molar-refractivity contribution >= 4 is 39.1 Å². The molecule has 24 heavy (non-hydrogen) atoms. The molecule has 1 amide bonds. The molecular weight excluding hydrogens is 340 g/mol. The number of aryl methyl sites for hydroxylation is 1. The van der Waals surface area contributed by atoms with E-state index in [1.165, 1.54) is 4.70 Å². The molecule has 124 valence electrons. The Hall–Kier alpha value is -1.91. The smallest absolute Gasteiger partial charge is 0.220 e. The van der Waals surface area contributed by atoms with E-state index in [4.69, 9.17) is 11.6 Å². The van der Waals surface area contributed by atoms with E-state index in [0.29, 0.717) is 11.4 Å². The summed E-state index contributed by atoms with van der Waals surface area (Å²) in [6, 6.07) is 15.7. The highest BCUT2D eigenvalue weighted by atomic mass is 35.5. The van der Waals surface area contributed by atoms with Crippen molar-refractivity contribution in [2.45, 2.75) is 32.2 Å². The van der Waals surface area contributed by atoms with E-state index >= 15 is 0 Å². The van der Waals surface area contributed by atoms with Crippen LogP contribution in [0, 0.1) is 0 Å². The van der Waals surface area contributed by atoms with Gasteiger partial charge in [0.25, 0.3) is 0 Å². The van der Waals surface area contributed by atoms with Gasteiger partial charge >= 0.3 is 0 Å². The van der Waals surface area contributed by atoms with Crippen LogP contribution in [0.3, 0.4) is 0 Å². The second-order valence-electron chi connectivity index (χ2n) is 5.77. The van der Waals surface area contributed by atoms with Gasteiger partial charge in [0.1, 0.15) is 0 Å². The second kappa shape index (κ2) is 7.77. The molecule has 3 aromatic rings. The molecule has 1 aromatic heterocycles. The predicted octanol–water partition coefficient (Wildman–Crippen LogP) is 5.15. The summed E-state index contributed by atoms with van der Waals surface area (Å²) in [4.78, 5) is 16.7. The highest BCUT2D eigenvalue weighted by Crippen LogP contribution is 2.23. The quantitative estimate of drug-likeness (QED) is 0.662. The first-order chi connectivity index (χ1) is 11.6. The third-order valence-electron chi connectivity index (χ3n) is 3.88. The van der Waals surface area contributed by atoms with Crippen LogP contribution < -0.4 is 5.32 Å². The zero-order valence-corrected chi connectivity index (χ0v) is 15.0. The number of carbonyl (C=O) groups excluding carboxylic acids is 1. The van der Waals surface area contributed by atoms with Crippen LogP contribution >= 0.6 is 22.9 Å². The average Bonchev–Trinajstić information content (AvgIpc) is 2.98. The standard InChI is InChI=1S/C19H19ClN2OS/c1-13(14-9-11-15(20)12-10-14)21-18(23)7-4-8-19-22-16-5-2-3-6-17(16)24-19/h2-3,5-6,9-13H,4,7-8H2,1H3,(H,21,23). The number of rotatable bonds is 6. The summed E-state index contributed by atoms with van der Waals surface area (Å²) >= 11 is 7.59. The molecule has 0 aliphatic carbocycles. The zero-order chi connectivity index (χ0) is 16.9. The Morgan fingerprint density at radius 3 is 2.71 bits per heavy atom. The van der Waals surface area contributed by atoms with Gasteiger partial charge in [0.2, 0.25) is 5.91 Å². The maximum atomic E-state index is 12.1. The van der Waals surface area contributed by atoms with Gasteiger partial charge in [-0.05, 0) is 49.6 Å². The number of para-hydroxylation sites is 1. The van der Waals surface area contributed by atoms with Gasteiger partial charge in [-0.3, -0.25) is 4.79 Å². The molecule has 0 aliphatic heterocycles. The number of aromatic nitrogens is 1. The average molecular weight is 359 g/mol. The number of nitrogens with one attached hydrogen (secondary N) is 1.